The summed E-state index contributed by atoms with van der Waals surface area (Å²) < 4.78 is 4.70. The molecule has 1 N–H and O–H groups in total. The van der Waals surface area contributed by atoms with Gasteiger partial charge in [-0.15, -0.1) is 0 Å². The number of likely N-dealkylation sites (tertiary alicyclic amines) is 1. The van der Waals surface area contributed by atoms with Gasteiger partial charge >= 0.3 is 5.97 Å². The molecule has 1 aliphatic heterocycles. The van der Waals surface area contributed by atoms with Crippen LogP contribution in [-0.4, -0.2) is 50.1 Å². The Morgan fingerprint density at radius 3 is 2.88 bits per heavy atom. The van der Waals surface area contributed by atoms with Crippen molar-refractivity contribution >= 4 is 11.9 Å². The lowest BCUT2D eigenvalue weighted by atomic mass is 10.2. The van der Waals surface area contributed by atoms with Gasteiger partial charge in [-0.3, -0.25) is 4.79 Å². The lowest BCUT2D eigenvalue weighted by Gasteiger charge is -2.22. The Bertz CT molecular complexity index is 256. The fraction of sp³-hybridized carbons (Fsp3) is 0.818. The Hall–Kier alpha value is -1.10. The van der Waals surface area contributed by atoms with E-state index >= 15 is 0 Å². The van der Waals surface area contributed by atoms with Crippen molar-refractivity contribution in [3.05, 3.63) is 0 Å². The topological polar surface area (TPSA) is 58.6 Å². The minimum absolute atomic E-state index is 0.0585. The molecule has 0 aliphatic carbocycles. The number of esters is 1. The largest absolute Gasteiger partial charge is 0.467 e. The first-order valence-electron chi connectivity index (χ1n) is 5.72. The van der Waals surface area contributed by atoms with E-state index in [1.807, 2.05) is 7.05 Å². The molecular formula is C11H20N2O3. The number of hydrogen-bond donors (Lipinski definition) is 1. The van der Waals surface area contributed by atoms with Gasteiger partial charge in [0.2, 0.25) is 5.91 Å². The van der Waals surface area contributed by atoms with E-state index in [9.17, 15) is 9.59 Å². The Morgan fingerprint density at radius 2 is 2.25 bits per heavy atom. The van der Waals surface area contributed by atoms with Gasteiger partial charge in [-0.25, -0.2) is 4.79 Å². The maximum Gasteiger partial charge on any atom is 0.328 e. The molecule has 1 saturated heterocycles. The predicted octanol–water partition coefficient (Wildman–Crippen LogP) is 0.150. The SMILES string of the molecule is CNCCCC(=O)N1CCCC1C(=O)OC. The molecule has 0 saturated carbocycles. The minimum Gasteiger partial charge on any atom is -0.467 e. The third-order valence-corrected chi connectivity index (χ3v) is 2.86. The molecule has 1 fully saturated rings. The molecule has 0 aromatic rings. The highest BCUT2D eigenvalue weighted by molar-refractivity contribution is 5.85. The molecule has 1 atom stereocenters. The zero-order valence-electron chi connectivity index (χ0n) is 9.99. The van der Waals surface area contributed by atoms with Crippen LogP contribution in [0.4, 0.5) is 0 Å². The van der Waals surface area contributed by atoms with Crippen LogP contribution in [0.5, 0.6) is 0 Å². The maximum absolute atomic E-state index is 11.8. The van der Waals surface area contributed by atoms with Crippen LogP contribution in [0.25, 0.3) is 0 Å². The molecule has 1 heterocycles. The van der Waals surface area contributed by atoms with Gasteiger partial charge in [0.05, 0.1) is 7.11 Å². The third kappa shape index (κ3) is 3.20. The van der Waals surface area contributed by atoms with Gasteiger partial charge in [0, 0.05) is 13.0 Å². The summed E-state index contributed by atoms with van der Waals surface area (Å²) in [4.78, 5) is 24.9. The van der Waals surface area contributed by atoms with Crippen LogP contribution in [0.1, 0.15) is 25.7 Å². The molecule has 5 heteroatoms. The number of rotatable bonds is 5. The van der Waals surface area contributed by atoms with E-state index in [0.717, 1.165) is 25.8 Å². The van der Waals surface area contributed by atoms with E-state index in [0.29, 0.717) is 13.0 Å². The summed E-state index contributed by atoms with van der Waals surface area (Å²) in [6.07, 6.45) is 2.91. The van der Waals surface area contributed by atoms with Crippen LogP contribution in [0.3, 0.4) is 0 Å². The van der Waals surface area contributed by atoms with Gasteiger partial charge < -0.3 is 15.0 Å². The van der Waals surface area contributed by atoms with Gasteiger partial charge in [0.25, 0.3) is 0 Å². The Balaban J connectivity index is 2.44. The molecule has 16 heavy (non-hydrogen) atoms. The zero-order valence-corrected chi connectivity index (χ0v) is 9.99. The first kappa shape index (κ1) is 13.0. The van der Waals surface area contributed by atoms with Crippen molar-refractivity contribution in [2.24, 2.45) is 0 Å². The average Bonchev–Trinajstić information content (AvgIpc) is 2.77. The highest BCUT2D eigenvalue weighted by atomic mass is 16.5. The Morgan fingerprint density at radius 1 is 1.50 bits per heavy atom. The lowest BCUT2D eigenvalue weighted by molar-refractivity contribution is -0.151. The molecule has 0 aromatic heterocycles. The molecule has 92 valence electrons. The maximum atomic E-state index is 11.8. The number of ether oxygens (including phenoxy) is 1. The molecule has 1 rings (SSSR count). The highest BCUT2D eigenvalue weighted by Gasteiger charge is 2.34. The predicted molar refractivity (Wildman–Crippen MR) is 59.9 cm³/mol. The van der Waals surface area contributed by atoms with Crippen molar-refractivity contribution in [2.45, 2.75) is 31.7 Å². The number of carbonyl (C=O) groups excluding carboxylic acids is 2. The van der Waals surface area contributed by atoms with Crippen molar-refractivity contribution in [1.82, 2.24) is 10.2 Å². The van der Waals surface area contributed by atoms with Crippen LogP contribution < -0.4 is 5.32 Å². The molecule has 1 unspecified atom stereocenters. The smallest absolute Gasteiger partial charge is 0.328 e. The van der Waals surface area contributed by atoms with Crippen LogP contribution in [0.15, 0.2) is 0 Å². The molecule has 0 aromatic carbocycles. The molecule has 5 nitrogen and oxygen atoms in total. The molecule has 0 bridgehead atoms. The van der Waals surface area contributed by atoms with E-state index < -0.39 is 0 Å². The normalized spacial score (nSPS) is 19.9. The van der Waals surface area contributed by atoms with Crippen LogP contribution in [0.2, 0.25) is 0 Å². The number of methoxy groups -OCH3 is 1. The third-order valence-electron chi connectivity index (χ3n) is 2.86. The van der Waals surface area contributed by atoms with Crippen molar-refractivity contribution in [3.63, 3.8) is 0 Å². The summed E-state index contributed by atoms with van der Waals surface area (Å²) in [6.45, 7) is 1.50. The van der Waals surface area contributed by atoms with Crippen LogP contribution in [-0.2, 0) is 14.3 Å². The molecule has 1 aliphatic rings. The van der Waals surface area contributed by atoms with Crippen molar-refractivity contribution in [3.8, 4) is 0 Å². The van der Waals surface area contributed by atoms with Crippen LogP contribution in [0, 0.1) is 0 Å². The highest BCUT2D eigenvalue weighted by Crippen LogP contribution is 2.19. The van der Waals surface area contributed by atoms with E-state index in [1.54, 1.807) is 4.90 Å². The Labute approximate surface area is 96.1 Å². The van der Waals surface area contributed by atoms with Crippen LogP contribution >= 0.6 is 0 Å². The second kappa shape index (κ2) is 6.48. The minimum atomic E-state index is -0.355. The fourth-order valence-corrected chi connectivity index (χ4v) is 2.01. The molecule has 0 radical (unpaired) electrons. The summed E-state index contributed by atoms with van der Waals surface area (Å²) in [5.74, 6) is -0.234. The van der Waals surface area contributed by atoms with Gasteiger partial charge in [-0.1, -0.05) is 0 Å². The average molecular weight is 228 g/mol. The van der Waals surface area contributed by atoms with Gasteiger partial charge in [0.1, 0.15) is 6.04 Å². The van der Waals surface area contributed by atoms with E-state index in [4.69, 9.17) is 4.74 Å². The number of amides is 1. The van der Waals surface area contributed by atoms with Crippen molar-refractivity contribution in [2.75, 3.05) is 27.2 Å². The second-order valence-corrected chi connectivity index (χ2v) is 3.98. The number of nitrogens with one attached hydrogen (secondary N) is 1. The first-order valence-corrected chi connectivity index (χ1v) is 5.72. The molecular weight excluding hydrogens is 208 g/mol. The van der Waals surface area contributed by atoms with E-state index in [1.165, 1.54) is 7.11 Å². The van der Waals surface area contributed by atoms with Crippen molar-refractivity contribution in [1.29, 1.82) is 0 Å². The molecule has 0 spiro atoms. The monoisotopic (exact) mass is 228 g/mol. The first-order chi connectivity index (χ1) is 7.70. The van der Waals surface area contributed by atoms with E-state index in [-0.39, 0.29) is 17.9 Å². The number of nitrogens with zero attached hydrogens (tertiary/aromatic N) is 1. The number of carbonyl (C=O) groups is 2. The van der Waals surface area contributed by atoms with E-state index in [2.05, 4.69) is 5.32 Å². The summed E-state index contributed by atoms with van der Waals surface area (Å²) >= 11 is 0. The quantitative estimate of drug-likeness (QED) is 0.537. The fourth-order valence-electron chi connectivity index (χ4n) is 2.01. The Kier molecular flexibility index (Phi) is 5.25. The second-order valence-electron chi connectivity index (χ2n) is 3.98. The lowest BCUT2D eigenvalue weighted by Crippen LogP contribution is -2.41. The van der Waals surface area contributed by atoms with Crippen molar-refractivity contribution < 1.29 is 14.3 Å². The van der Waals surface area contributed by atoms with Gasteiger partial charge in [-0.2, -0.15) is 0 Å². The molecule has 1 amide bonds. The summed E-state index contributed by atoms with van der Waals surface area (Å²) in [5, 5.41) is 3.00. The van der Waals surface area contributed by atoms with Gasteiger partial charge in [-0.05, 0) is 32.9 Å². The summed E-state index contributed by atoms with van der Waals surface area (Å²) in [6, 6.07) is -0.355. The number of hydrogen-bond acceptors (Lipinski definition) is 4. The summed E-state index contributed by atoms with van der Waals surface area (Å²) in [7, 11) is 3.22. The zero-order chi connectivity index (χ0) is 12.0. The summed E-state index contributed by atoms with van der Waals surface area (Å²) in [5.41, 5.74) is 0. The van der Waals surface area contributed by atoms with Gasteiger partial charge in [0.15, 0.2) is 0 Å². The standard InChI is InChI=1S/C11H20N2O3/c1-12-7-3-6-10(14)13-8-4-5-9(13)11(15)16-2/h9,12H,3-8H2,1-2H3.